The van der Waals surface area contributed by atoms with Crippen molar-refractivity contribution in [3.63, 3.8) is 0 Å². The van der Waals surface area contributed by atoms with Crippen LogP contribution < -0.4 is 5.73 Å². The average molecular weight is 106 g/mol. The van der Waals surface area contributed by atoms with Crippen molar-refractivity contribution >= 4 is 17.3 Å². The lowest BCUT2D eigenvalue weighted by Crippen LogP contribution is -2.18. The van der Waals surface area contributed by atoms with E-state index in [1.54, 1.807) is 0 Å². The molecule has 34 valence electrons. The van der Waals surface area contributed by atoms with Gasteiger partial charge in [-0.05, 0) is 4.92 Å². The normalized spacial score (nSPS) is 7.33. The quantitative estimate of drug-likeness (QED) is 0.257. The second kappa shape index (κ2) is 1.66. The van der Waals surface area contributed by atoms with Gasteiger partial charge in [-0.2, -0.15) is 0 Å². The fourth-order valence-electron chi connectivity index (χ4n) is 0. The zero-order valence-corrected chi connectivity index (χ0v) is 3.57. The van der Waals surface area contributed by atoms with Gasteiger partial charge in [-0.15, -0.1) is 0 Å². The molecule has 0 heterocycles. The van der Waals surface area contributed by atoms with E-state index in [9.17, 15) is 10.1 Å². The highest BCUT2D eigenvalue weighted by atomic mass is 32.1. The van der Waals surface area contributed by atoms with Gasteiger partial charge >= 0.3 is 5.11 Å². The minimum absolute atomic E-state index is 0.685. The van der Waals surface area contributed by atoms with E-state index in [0.29, 0.717) is 0 Å². The molecule has 0 saturated heterocycles. The summed E-state index contributed by atoms with van der Waals surface area (Å²) in [6.45, 7) is 0. The van der Waals surface area contributed by atoms with E-state index < -0.39 is 10.0 Å². The van der Waals surface area contributed by atoms with Crippen LogP contribution in [0.1, 0.15) is 0 Å². The summed E-state index contributed by atoms with van der Waals surface area (Å²) >= 11 is 3.90. The highest BCUT2D eigenvalue weighted by molar-refractivity contribution is 7.79. The Labute approximate surface area is 39.1 Å². The van der Waals surface area contributed by atoms with Crippen LogP contribution in [0.3, 0.4) is 0 Å². The number of nitrogens with zero attached hydrogens (tertiary/aromatic N) is 1. The lowest BCUT2D eigenvalue weighted by molar-refractivity contribution is -0.347. The summed E-state index contributed by atoms with van der Waals surface area (Å²) in [6.07, 6.45) is 0. The summed E-state index contributed by atoms with van der Waals surface area (Å²) in [6, 6.07) is 0. The van der Waals surface area contributed by atoms with Crippen molar-refractivity contribution in [3.05, 3.63) is 10.1 Å². The fourth-order valence-corrected chi connectivity index (χ4v) is 0. The Kier molecular flexibility index (Phi) is 1.46. The van der Waals surface area contributed by atoms with E-state index in [1.807, 2.05) is 0 Å². The number of hydrogen-bond donors (Lipinski definition) is 1. The fraction of sp³-hybridized carbons (Fsp3) is 0. The molecule has 0 aromatic heterocycles. The van der Waals surface area contributed by atoms with Gasteiger partial charge in [0.15, 0.2) is 0 Å². The summed E-state index contributed by atoms with van der Waals surface area (Å²) in [4.78, 5) is 8.41. The van der Waals surface area contributed by atoms with Crippen LogP contribution in [0.15, 0.2) is 0 Å². The van der Waals surface area contributed by atoms with Crippen molar-refractivity contribution in [2.75, 3.05) is 0 Å². The Hall–Kier alpha value is -0.710. The van der Waals surface area contributed by atoms with Crippen LogP contribution in [-0.4, -0.2) is 10.0 Å². The third-order valence-corrected chi connectivity index (χ3v) is 0.329. The highest BCUT2D eigenvalue weighted by Gasteiger charge is 1.90. The first-order valence-corrected chi connectivity index (χ1v) is 1.49. The second-order valence-corrected chi connectivity index (χ2v) is 1.01. The van der Waals surface area contributed by atoms with Gasteiger partial charge in [0, 0.05) is 12.2 Å². The van der Waals surface area contributed by atoms with Gasteiger partial charge in [0.05, 0.1) is 0 Å². The largest absolute Gasteiger partial charge is 0.382 e. The molecule has 0 amide bonds. The van der Waals surface area contributed by atoms with E-state index in [4.69, 9.17) is 0 Å². The monoisotopic (exact) mass is 106 g/mol. The lowest BCUT2D eigenvalue weighted by Gasteiger charge is -1.82. The van der Waals surface area contributed by atoms with Crippen molar-refractivity contribution in [1.82, 2.24) is 0 Å². The number of hydrogen-bond acceptors (Lipinski definition) is 3. The summed E-state index contributed by atoms with van der Waals surface area (Å²) in [7, 11) is 0. The van der Waals surface area contributed by atoms with Crippen LogP contribution in [0, 0.1) is 10.1 Å². The third-order valence-electron chi connectivity index (χ3n) is 0.180. The smallest absolute Gasteiger partial charge is 0.357 e. The Morgan fingerprint density at radius 2 is 2.17 bits per heavy atom. The molecule has 0 bridgehead atoms. The van der Waals surface area contributed by atoms with Gasteiger partial charge in [0.25, 0.3) is 0 Å². The first kappa shape index (κ1) is 5.29. The number of nitrogens with two attached hydrogens (primary N) is 1. The molecule has 0 aliphatic rings. The molecule has 0 unspecified atom stereocenters. The molecule has 5 heteroatoms. The zero-order chi connectivity index (χ0) is 5.15. The molecule has 0 fully saturated rings. The maximum Gasteiger partial charge on any atom is 0.382 e. The molecule has 0 spiro atoms. The van der Waals surface area contributed by atoms with Crippen molar-refractivity contribution in [2.24, 2.45) is 5.73 Å². The van der Waals surface area contributed by atoms with Gasteiger partial charge in [0.2, 0.25) is 0 Å². The maximum atomic E-state index is 9.24. The highest BCUT2D eigenvalue weighted by Crippen LogP contribution is 1.62. The van der Waals surface area contributed by atoms with Gasteiger partial charge in [0.1, 0.15) is 0 Å². The summed E-state index contributed by atoms with van der Waals surface area (Å²) in [5.41, 5.74) is 4.47. The van der Waals surface area contributed by atoms with Gasteiger partial charge in [-0.3, -0.25) is 5.73 Å². The lowest BCUT2D eigenvalue weighted by atomic mass is 11.2. The SMILES string of the molecule is NC(=S)[N+](=O)[O-]. The molecule has 0 rings (SSSR count). The van der Waals surface area contributed by atoms with Crippen LogP contribution in [0.2, 0.25) is 0 Å². The van der Waals surface area contributed by atoms with Crippen LogP contribution in [0.5, 0.6) is 0 Å². The van der Waals surface area contributed by atoms with E-state index in [0.717, 1.165) is 0 Å². The third kappa shape index (κ3) is 1.59. The summed E-state index contributed by atoms with van der Waals surface area (Å²) in [5.74, 6) is 0. The van der Waals surface area contributed by atoms with Gasteiger partial charge in [-0.25, -0.2) is 0 Å². The van der Waals surface area contributed by atoms with Crippen molar-refractivity contribution in [3.8, 4) is 0 Å². The minimum atomic E-state index is -0.824. The molecule has 0 saturated carbocycles. The van der Waals surface area contributed by atoms with Crippen molar-refractivity contribution in [2.45, 2.75) is 0 Å². The molecular weight excluding hydrogens is 104 g/mol. The van der Waals surface area contributed by atoms with Gasteiger partial charge in [-0.1, -0.05) is 0 Å². The van der Waals surface area contributed by atoms with Crippen molar-refractivity contribution in [1.29, 1.82) is 0 Å². The van der Waals surface area contributed by atoms with Crippen LogP contribution in [0.25, 0.3) is 0 Å². The van der Waals surface area contributed by atoms with Crippen LogP contribution in [0.4, 0.5) is 0 Å². The standard InChI is InChI=1S/CH2N2O2S/c2-1(6)3(4)5/h(H2,2,6). The first-order valence-electron chi connectivity index (χ1n) is 1.08. The average Bonchev–Trinajstić information content (AvgIpc) is 1.36. The molecule has 0 aromatic rings. The topological polar surface area (TPSA) is 69.2 Å². The van der Waals surface area contributed by atoms with Crippen LogP contribution in [-0.2, 0) is 0 Å². The molecule has 6 heavy (non-hydrogen) atoms. The molecule has 0 aromatic carbocycles. The molecule has 0 aliphatic carbocycles. The maximum absolute atomic E-state index is 9.24. The molecule has 0 aliphatic heterocycles. The number of nitro groups is 1. The molecule has 4 nitrogen and oxygen atoms in total. The molecule has 2 N–H and O–H groups in total. The van der Waals surface area contributed by atoms with E-state index in [-0.39, 0.29) is 0 Å². The summed E-state index contributed by atoms with van der Waals surface area (Å²) < 4.78 is 0. The Bertz CT molecular complexity index is 77.5. The first-order chi connectivity index (χ1) is 2.64. The van der Waals surface area contributed by atoms with Gasteiger partial charge < -0.3 is 10.1 Å². The zero-order valence-electron chi connectivity index (χ0n) is 2.75. The van der Waals surface area contributed by atoms with E-state index in [2.05, 4.69) is 18.0 Å². The minimum Gasteiger partial charge on any atom is -0.357 e. The predicted octanol–water partition coefficient (Wildman–Crippen LogP) is -0.493. The number of rotatable bonds is 0. The Morgan fingerprint density at radius 3 is 2.17 bits per heavy atom. The Balaban J connectivity index is 3.57. The molecular formula is CH2N2O2S. The summed E-state index contributed by atoms with van der Waals surface area (Å²) in [5, 5.41) is 8.55. The number of thiocarbonyl (C=S) groups is 1. The molecule has 0 radical (unpaired) electrons. The van der Waals surface area contributed by atoms with E-state index >= 15 is 0 Å². The van der Waals surface area contributed by atoms with Crippen LogP contribution >= 0.6 is 12.2 Å². The molecule has 0 atom stereocenters. The second-order valence-electron chi connectivity index (χ2n) is 0.595. The predicted molar refractivity (Wildman–Crippen MR) is 23.8 cm³/mol. The Morgan fingerprint density at radius 1 is 2.00 bits per heavy atom. The van der Waals surface area contributed by atoms with E-state index in [1.165, 1.54) is 0 Å². The van der Waals surface area contributed by atoms with Crippen molar-refractivity contribution < 1.29 is 4.92 Å².